The molecule has 1 saturated carbocycles. The molecule has 2 aliphatic rings. The molecule has 18 heavy (non-hydrogen) atoms. The molecule has 3 rings (SSSR count). The van der Waals surface area contributed by atoms with Crippen molar-refractivity contribution in [3.63, 3.8) is 0 Å². The van der Waals surface area contributed by atoms with Gasteiger partial charge in [-0.05, 0) is 36.6 Å². The summed E-state index contributed by atoms with van der Waals surface area (Å²) in [6.07, 6.45) is 0.795. The monoisotopic (exact) mass is 249 g/mol. The molecule has 0 bridgehead atoms. The summed E-state index contributed by atoms with van der Waals surface area (Å²) in [7, 11) is 0. The molecule has 1 aromatic rings. The van der Waals surface area contributed by atoms with E-state index in [0.29, 0.717) is 0 Å². The molecule has 2 unspecified atom stereocenters. The van der Waals surface area contributed by atoms with Crippen LogP contribution in [0.2, 0.25) is 0 Å². The first kappa shape index (κ1) is 11.3. The zero-order valence-electron chi connectivity index (χ0n) is 9.89. The number of hydrogen-bond donors (Lipinski definition) is 2. The third kappa shape index (κ3) is 2.26. The van der Waals surface area contributed by atoms with Crippen LogP contribution in [-0.2, 0) is 11.3 Å². The van der Waals surface area contributed by atoms with E-state index in [4.69, 9.17) is 14.6 Å². The van der Waals surface area contributed by atoms with Crippen LogP contribution in [0.5, 0.6) is 11.5 Å². The first-order valence-electron chi connectivity index (χ1n) is 6.06. The fraction of sp³-hybridized carbons (Fsp3) is 0.462. The molecule has 0 amide bonds. The maximum absolute atomic E-state index is 10.7. The minimum Gasteiger partial charge on any atom is -0.481 e. The number of nitrogens with one attached hydrogen (secondary N) is 1. The second-order valence-corrected chi connectivity index (χ2v) is 4.76. The third-order valence-electron chi connectivity index (χ3n) is 3.41. The number of carboxylic acids is 1. The lowest BCUT2D eigenvalue weighted by atomic mass is 10.2. The number of carbonyl (C=O) groups is 1. The van der Waals surface area contributed by atoms with Crippen LogP contribution in [0, 0.1) is 11.8 Å². The van der Waals surface area contributed by atoms with Gasteiger partial charge in [-0.3, -0.25) is 4.79 Å². The van der Waals surface area contributed by atoms with Crippen LogP contribution in [0.15, 0.2) is 18.2 Å². The zero-order valence-corrected chi connectivity index (χ0v) is 9.89. The number of fused-ring (bicyclic) bond motifs is 1. The van der Waals surface area contributed by atoms with Crippen molar-refractivity contribution in [2.75, 3.05) is 13.3 Å². The van der Waals surface area contributed by atoms with Gasteiger partial charge in [-0.2, -0.15) is 0 Å². The smallest absolute Gasteiger partial charge is 0.306 e. The van der Waals surface area contributed by atoms with Crippen molar-refractivity contribution in [2.45, 2.75) is 13.0 Å². The molecule has 1 aromatic carbocycles. The van der Waals surface area contributed by atoms with Crippen LogP contribution in [0.4, 0.5) is 0 Å². The van der Waals surface area contributed by atoms with Crippen molar-refractivity contribution in [1.82, 2.24) is 5.32 Å². The van der Waals surface area contributed by atoms with Gasteiger partial charge in [0.2, 0.25) is 6.79 Å². The number of hydrogen-bond acceptors (Lipinski definition) is 4. The molecule has 0 radical (unpaired) electrons. The van der Waals surface area contributed by atoms with E-state index in [1.165, 1.54) is 0 Å². The first-order valence-corrected chi connectivity index (χ1v) is 6.06. The van der Waals surface area contributed by atoms with Crippen LogP contribution in [0.1, 0.15) is 12.0 Å². The molecule has 1 aliphatic carbocycles. The van der Waals surface area contributed by atoms with E-state index < -0.39 is 5.97 Å². The summed E-state index contributed by atoms with van der Waals surface area (Å²) in [5.74, 6) is 1.03. The summed E-state index contributed by atoms with van der Waals surface area (Å²) in [4.78, 5) is 10.7. The molecule has 0 aromatic heterocycles. The maximum atomic E-state index is 10.7. The van der Waals surface area contributed by atoms with Gasteiger partial charge in [0.05, 0.1) is 5.92 Å². The second kappa shape index (κ2) is 4.49. The quantitative estimate of drug-likeness (QED) is 0.821. The maximum Gasteiger partial charge on any atom is 0.306 e. The lowest BCUT2D eigenvalue weighted by molar-refractivity contribution is -0.138. The highest BCUT2D eigenvalue weighted by Crippen LogP contribution is 2.38. The third-order valence-corrected chi connectivity index (χ3v) is 3.41. The van der Waals surface area contributed by atoms with Gasteiger partial charge in [-0.25, -0.2) is 0 Å². The van der Waals surface area contributed by atoms with E-state index in [-0.39, 0.29) is 18.6 Å². The van der Waals surface area contributed by atoms with E-state index >= 15 is 0 Å². The molecule has 1 fully saturated rings. The highest BCUT2D eigenvalue weighted by Gasteiger charge is 2.42. The van der Waals surface area contributed by atoms with Crippen LogP contribution >= 0.6 is 0 Å². The van der Waals surface area contributed by atoms with Gasteiger partial charge in [-0.1, -0.05) is 6.07 Å². The van der Waals surface area contributed by atoms with E-state index in [9.17, 15) is 4.79 Å². The number of aliphatic carboxylic acids is 1. The first-order chi connectivity index (χ1) is 8.74. The Bertz CT molecular complexity index is 474. The van der Waals surface area contributed by atoms with E-state index in [0.717, 1.165) is 36.6 Å². The number of carboxylic acid groups (broad SMARTS) is 1. The lowest BCUT2D eigenvalue weighted by Gasteiger charge is -2.05. The summed E-state index contributed by atoms with van der Waals surface area (Å²) >= 11 is 0. The van der Waals surface area contributed by atoms with Crippen molar-refractivity contribution < 1.29 is 19.4 Å². The molecule has 5 heteroatoms. The van der Waals surface area contributed by atoms with Crippen molar-refractivity contribution >= 4 is 5.97 Å². The summed E-state index contributed by atoms with van der Waals surface area (Å²) in [5, 5.41) is 12.1. The zero-order chi connectivity index (χ0) is 12.5. The Kier molecular flexibility index (Phi) is 2.83. The van der Waals surface area contributed by atoms with Crippen molar-refractivity contribution in [1.29, 1.82) is 0 Å². The summed E-state index contributed by atoms with van der Waals surface area (Å²) < 4.78 is 10.5. The average Bonchev–Trinajstić information content (AvgIpc) is 2.98. The van der Waals surface area contributed by atoms with Gasteiger partial charge >= 0.3 is 5.97 Å². The number of rotatable bonds is 5. The van der Waals surface area contributed by atoms with Gasteiger partial charge in [0.15, 0.2) is 11.5 Å². The fourth-order valence-electron chi connectivity index (χ4n) is 2.23. The molecule has 2 N–H and O–H groups in total. The number of ether oxygens (including phenoxy) is 2. The molecular formula is C13H15NO4. The predicted octanol–water partition coefficient (Wildman–Crippen LogP) is 1.23. The van der Waals surface area contributed by atoms with E-state index in [2.05, 4.69) is 5.32 Å². The molecule has 2 atom stereocenters. The molecular weight excluding hydrogens is 234 g/mol. The minimum absolute atomic E-state index is 0.144. The molecule has 1 heterocycles. The Morgan fingerprint density at radius 1 is 1.39 bits per heavy atom. The highest BCUT2D eigenvalue weighted by atomic mass is 16.7. The van der Waals surface area contributed by atoms with Crippen LogP contribution in [-0.4, -0.2) is 24.4 Å². The SMILES string of the molecule is O=C(O)C1CC1CNCc1ccc2c(c1)OCO2. The molecule has 1 aliphatic heterocycles. The highest BCUT2D eigenvalue weighted by molar-refractivity contribution is 5.73. The Morgan fingerprint density at radius 2 is 2.22 bits per heavy atom. The van der Waals surface area contributed by atoms with Gasteiger partial charge in [-0.15, -0.1) is 0 Å². The van der Waals surface area contributed by atoms with E-state index in [1.807, 2.05) is 18.2 Å². The van der Waals surface area contributed by atoms with Crippen molar-refractivity contribution in [2.24, 2.45) is 11.8 Å². The molecule has 96 valence electrons. The molecule has 0 saturated heterocycles. The predicted molar refractivity (Wildman–Crippen MR) is 63.5 cm³/mol. The van der Waals surface area contributed by atoms with Crippen LogP contribution in [0.3, 0.4) is 0 Å². The van der Waals surface area contributed by atoms with Gasteiger partial charge in [0, 0.05) is 6.54 Å². The Balaban J connectivity index is 1.48. The molecule has 0 spiro atoms. The Labute approximate surface area is 105 Å². The lowest BCUT2D eigenvalue weighted by Crippen LogP contribution is -2.18. The summed E-state index contributed by atoms with van der Waals surface area (Å²) in [6, 6.07) is 5.84. The second-order valence-electron chi connectivity index (χ2n) is 4.76. The largest absolute Gasteiger partial charge is 0.481 e. The summed E-state index contributed by atoms with van der Waals surface area (Å²) in [5.41, 5.74) is 1.12. The van der Waals surface area contributed by atoms with Crippen molar-refractivity contribution in [3.8, 4) is 11.5 Å². The van der Waals surface area contributed by atoms with Gasteiger partial charge in [0.25, 0.3) is 0 Å². The van der Waals surface area contributed by atoms with Crippen molar-refractivity contribution in [3.05, 3.63) is 23.8 Å². The average molecular weight is 249 g/mol. The fourth-order valence-corrected chi connectivity index (χ4v) is 2.23. The number of benzene rings is 1. The minimum atomic E-state index is -0.676. The Morgan fingerprint density at radius 3 is 3.00 bits per heavy atom. The van der Waals surface area contributed by atoms with Gasteiger partial charge < -0.3 is 19.9 Å². The summed E-state index contributed by atoms with van der Waals surface area (Å²) in [6.45, 7) is 1.76. The van der Waals surface area contributed by atoms with E-state index in [1.54, 1.807) is 0 Å². The molecule has 5 nitrogen and oxygen atoms in total. The van der Waals surface area contributed by atoms with Gasteiger partial charge in [0.1, 0.15) is 0 Å². The Hall–Kier alpha value is -1.75. The standard InChI is InChI=1S/C13H15NO4/c15-13(16)10-4-9(10)6-14-5-8-1-2-11-12(3-8)18-7-17-11/h1-3,9-10,14H,4-7H2,(H,15,16). The van der Waals surface area contributed by atoms with Crippen LogP contribution in [0.25, 0.3) is 0 Å². The van der Waals surface area contributed by atoms with Crippen LogP contribution < -0.4 is 14.8 Å². The normalized spacial score (nSPS) is 24.0. The topological polar surface area (TPSA) is 67.8 Å².